The first kappa shape index (κ1) is 48.2. The summed E-state index contributed by atoms with van der Waals surface area (Å²) in [4.78, 5) is 17.3. The van der Waals surface area contributed by atoms with Crippen molar-refractivity contribution in [3.8, 4) is 0 Å². The Hall–Kier alpha value is -3.48. The van der Waals surface area contributed by atoms with E-state index in [0.717, 1.165) is 115 Å². The molecule has 1 N–H and O–H groups in total. The number of unbranched alkanes of at least 4 members (excludes halogenated alkanes) is 5. The third-order valence-electron chi connectivity index (χ3n) is 11.0. The van der Waals surface area contributed by atoms with Gasteiger partial charge >= 0.3 is 11.3 Å². The van der Waals surface area contributed by atoms with Gasteiger partial charge in [0.1, 0.15) is 0 Å². The molecule has 10 nitrogen and oxygen atoms in total. The molecule has 326 valence electrons. The topological polar surface area (TPSA) is 109 Å². The number of allylic oxidation sites excluding steroid dienone is 3. The lowest BCUT2D eigenvalue weighted by Gasteiger charge is -2.27. The fourth-order valence-electron chi connectivity index (χ4n) is 7.44. The highest BCUT2D eigenvalue weighted by Crippen LogP contribution is 2.49. The Morgan fingerprint density at radius 2 is 1.63 bits per heavy atom. The number of amides is 1. The first-order valence-electron chi connectivity index (χ1n) is 21.4. The van der Waals surface area contributed by atoms with Gasteiger partial charge in [-0.1, -0.05) is 45.3 Å². The summed E-state index contributed by atoms with van der Waals surface area (Å²) in [6.07, 6.45) is 13.7. The van der Waals surface area contributed by atoms with E-state index < -0.39 is 15.5 Å². The van der Waals surface area contributed by atoms with Crippen molar-refractivity contribution in [1.29, 1.82) is 0 Å². The minimum atomic E-state index is -3.88. The highest BCUT2D eigenvalue weighted by molar-refractivity contribution is 7.86. The van der Waals surface area contributed by atoms with E-state index in [-0.39, 0.29) is 16.2 Å². The van der Waals surface area contributed by atoms with E-state index in [1.165, 1.54) is 7.11 Å². The number of hydrogen-bond donors (Lipinski definition) is 1. The van der Waals surface area contributed by atoms with Gasteiger partial charge in [-0.2, -0.15) is 8.42 Å². The molecule has 0 radical (unpaired) electrons. The van der Waals surface area contributed by atoms with Crippen LogP contribution in [0.5, 0.6) is 0 Å². The average Bonchev–Trinajstić information content (AvgIpc) is 3.42. The Morgan fingerprint density at radius 3 is 2.32 bits per heavy atom. The van der Waals surface area contributed by atoms with Gasteiger partial charge in [0.15, 0.2) is 0 Å². The number of carbonyl (C=O) groups excluding carboxylic acids is 1. The van der Waals surface area contributed by atoms with Gasteiger partial charge in [0, 0.05) is 79.2 Å². The largest absolute Gasteiger partial charge is 0.379 e. The number of rotatable bonds is 25. The molecule has 0 atom stereocenters. The lowest BCUT2D eigenvalue weighted by molar-refractivity contribution is -0.121. The zero-order chi connectivity index (χ0) is 43.1. The maximum Gasteiger partial charge on any atom is 0.362 e. The van der Waals surface area contributed by atoms with Crippen LogP contribution in [0.2, 0.25) is 0 Å². The van der Waals surface area contributed by atoms with Gasteiger partial charge in [-0.15, -0.1) is 11.6 Å². The molecule has 0 saturated carbocycles. The Balaban J connectivity index is 1.44. The molecule has 1 aliphatic rings. The van der Waals surface area contributed by atoms with Crippen molar-refractivity contribution in [1.82, 2.24) is 5.32 Å². The van der Waals surface area contributed by atoms with Crippen LogP contribution in [0, 0.1) is 0 Å². The number of anilines is 2. The number of halogens is 1. The zero-order valence-electron chi connectivity index (χ0n) is 36.8. The van der Waals surface area contributed by atoms with Crippen LogP contribution in [0.1, 0.15) is 117 Å². The lowest BCUT2D eigenvalue weighted by atomic mass is 9.83. The molecule has 0 saturated heterocycles. The average molecular weight is 856 g/mol. The van der Waals surface area contributed by atoms with E-state index in [0.29, 0.717) is 39.3 Å². The van der Waals surface area contributed by atoms with Crippen LogP contribution in [-0.4, -0.2) is 79.9 Å². The van der Waals surface area contributed by atoms with E-state index >= 15 is 0 Å². The fraction of sp³-hybridized carbons (Fsp3) is 0.574. The summed E-state index contributed by atoms with van der Waals surface area (Å²) in [5.41, 5.74) is 5.30. The van der Waals surface area contributed by atoms with Crippen LogP contribution in [0.25, 0.3) is 17.0 Å². The van der Waals surface area contributed by atoms with Gasteiger partial charge in [0.25, 0.3) is 10.1 Å². The van der Waals surface area contributed by atoms with Crippen molar-refractivity contribution < 1.29 is 31.3 Å². The van der Waals surface area contributed by atoms with Gasteiger partial charge in [-0.25, -0.2) is 4.42 Å². The number of nitrogens with zero attached hydrogens (tertiary/aromatic N) is 2. The second-order valence-electron chi connectivity index (χ2n) is 16.6. The molecule has 0 fully saturated rings. The predicted molar refractivity (Wildman–Crippen MR) is 243 cm³/mol. The molecule has 0 aliphatic carbocycles. The maximum atomic E-state index is 12.8. The molecule has 0 spiro atoms. The number of ether oxygens (including phenoxy) is 2. The number of fused-ring (bicyclic) bond motifs is 2. The van der Waals surface area contributed by atoms with Crippen molar-refractivity contribution in [2.75, 3.05) is 75.4 Å². The second kappa shape index (κ2) is 22.9. The smallest absolute Gasteiger partial charge is 0.362 e. The molecule has 0 bridgehead atoms. The Morgan fingerprint density at radius 1 is 0.915 bits per heavy atom. The predicted octanol–water partition coefficient (Wildman–Crippen LogP) is 10.4. The van der Waals surface area contributed by atoms with Gasteiger partial charge in [0.05, 0.1) is 48.7 Å². The van der Waals surface area contributed by atoms with Gasteiger partial charge in [-0.05, 0) is 102 Å². The number of benzene rings is 2. The summed E-state index contributed by atoms with van der Waals surface area (Å²) in [5.74, 6) is 1.64. The first-order valence-corrected chi connectivity index (χ1v) is 23.4. The molecule has 1 aromatic heterocycles. The summed E-state index contributed by atoms with van der Waals surface area (Å²) >= 11 is 5.71. The van der Waals surface area contributed by atoms with Crippen molar-refractivity contribution >= 4 is 56.0 Å². The zero-order valence-corrected chi connectivity index (χ0v) is 38.4. The van der Waals surface area contributed by atoms with Crippen LogP contribution in [0.15, 0.2) is 69.6 Å². The maximum absolute atomic E-state index is 12.8. The van der Waals surface area contributed by atoms with Crippen molar-refractivity contribution in [2.45, 2.75) is 116 Å². The van der Waals surface area contributed by atoms with Crippen molar-refractivity contribution in [3.05, 3.63) is 77.2 Å². The monoisotopic (exact) mass is 854 g/mol. The third kappa shape index (κ3) is 13.5. The molecule has 2 heterocycles. The van der Waals surface area contributed by atoms with Crippen molar-refractivity contribution in [3.63, 3.8) is 0 Å². The van der Waals surface area contributed by atoms with E-state index in [1.807, 2.05) is 6.07 Å². The van der Waals surface area contributed by atoms with Gasteiger partial charge in [0.2, 0.25) is 5.91 Å². The number of alkyl halides is 1. The summed E-state index contributed by atoms with van der Waals surface area (Å²) in [5, 5.41) is 3.99. The molecule has 1 aliphatic heterocycles. The third-order valence-corrected chi connectivity index (χ3v) is 12.5. The summed E-state index contributed by atoms with van der Waals surface area (Å²) in [6, 6.07) is 13.8. The molecule has 3 aromatic rings. The highest BCUT2D eigenvalue weighted by atomic mass is 35.5. The van der Waals surface area contributed by atoms with Gasteiger partial charge < -0.3 is 24.6 Å². The summed E-state index contributed by atoms with van der Waals surface area (Å²) in [7, 11) is -2.69. The Kier molecular flexibility index (Phi) is 18.7. The van der Waals surface area contributed by atoms with E-state index in [2.05, 4.69) is 106 Å². The molecule has 4 rings (SSSR count). The first-order chi connectivity index (χ1) is 28.2. The lowest BCUT2D eigenvalue weighted by Crippen LogP contribution is -2.28. The minimum absolute atomic E-state index is 0.0205. The second-order valence-corrected chi connectivity index (χ2v) is 18.7. The number of carbonyl (C=O) groups is 1. The fourth-order valence-corrected chi connectivity index (χ4v) is 8.32. The van der Waals surface area contributed by atoms with Crippen LogP contribution in [-0.2, 0) is 39.4 Å². The Labute approximate surface area is 359 Å². The van der Waals surface area contributed by atoms with Crippen LogP contribution in [0.4, 0.5) is 11.4 Å². The number of hydrogen-bond acceptors (Lipinski definition) is 8. The van der Waals surface area contributed by atoms with Crippen LogP contribution >= 0.6 is 11.6 Å². The van der Waals surface area contributed by atoms with Crippen LogP contribution < -0.4 is 15.1 Å². The molecule has 12 heteroatoms. The van der Waals surface area contributed by atoms with E-state index in [4.69, 9.17) is 29.7 Å². The molecule has 2 aromatic carbocycles. The van der Waals surface area contributed by atoms with Gasteiger partial charge in [-0.3, -0.25) is 8.98 Å². The SMILES string of the molecule is CCN(CC)c1ccc2c(/C=C/C=C3/N(CCCCCC(=O)NCCOCCOCCCCCCCl)c4ccc(S(=O)(=O)OC)cc4C3(C)C)cc(C(C)(C)C)[o+]c2c1. The quantitative estimate of drug-likeness (QED) is 0.0386. The van der Waals surface area contributed by atoms with Crippen molar-refractivity contribution in [2.24, 2.45) is 0 Å². The standard InChI is InChI=1S/C47H68ClN3O7S/c1-9-50(10-2)37-22-24-39-36(33-44(46(3,4)5)58-42(39)34-37)19-18-20-43-47(6,7)40-35-38(59(53,54)55-8)23-25-41(40)51(43)28-16-13-14-21-45(52)49-27-30-57-32-31-56-29-17-12-11-15-26-48/h18-20,22-25,33-35H,9-17,21,26-32H2,1-8H3/p+1/b19-18+,43-20+. The molecule has 0 unspecified atom stereocenters. The summed E-state index contributed by atoms with van der Waals surface area (Å²) < 4.78 is 48.1. The van der Waals surface area contributed by atoms with E-state index in [9.17, 15) is 13.2 Å². The molecule has 59 heavy (non-hydrogen) atoms. The molecular formula is C47H69ClN3O7S+. The highest BCUT2D eigenvalue weighted by Gasteiger charge is 2.40. The normalized spacial score (nSPS) is 14.8. The minimum Gasteiger partial charge on any atom is -0.379 e. The molecule has 1 amide bonds. The summed E-state index contributed by atoms with van der Waals surface area (Å²) in [6.45, 7) is 20.3. The van der Waals surface area contributed by atoms with E-state index in [1.54, 1.807) is 12.1 Å². The van der Waals surface area contributed by atoms with Crippen LogP contribution in [0.3, 0.4) is 0 Å². The molecular weight excluding hydrogens is 786 g/mol. The Bertz CT molecular complexity index is 1990. The number of nitrogens with one attached hydrogen (secondary N) is 1.